The Morgan fingerprint density at radius 2 is 1.75 bits per heavy atom. The van der Waals surface area contributed by atoms with Gasteiger partial charge in [-0.25, -0.2) is 0 Å². The maximum Gasteiger partial charge on any atom is 0.248 e. The zero-order valence-electron chi connectivity index (χ0n) is 13.7. The third kappa shape index (κ3) is 3.46. The number of anilines is 1. The SMILES string of the molecule is CC(=O)N1[C@@H](C(=O)Nc2ccc(C)cc2)CS[C@H]1c1ccccc1. The Bertz CT molecular complexity index is 731. The summed E-state index contributed by atoms with van der Waals surface area (Å²) < 4.78 is 0. The van der Waals surface area contributed by atoms with Crippen LogP contribution in [-0.2, 0) is 9.59 Å². The van der Waals surface area contributed by atoms with Gasteiger partial charge in [-0.1, -0.05) is 48.0 Å². The monoisotopic (exact) mass is 340 g/mol. The van der Waals surface area contributed by atoms with Crippen molar-refractivity contribution < 1.29 is 9.59 Å². The Kier molecular flexibility index (Phi) is 4.90. The van der Waals surface area contributed by atoms with Gasteiger partial charge in [0, 0.05) is 18.4 Å². The Hall–Kier alpha value is -2.27. The molecule has 2 aromatic rings. The summed E-state index contributed by atoms with van der Waals surface area (Å²) in [5, 5.41) is 2.81. The lowest BCUT2D eigenvalue weighted by molar-refractivity contribution is -0.136. The molecule has 4 nitrogen and oxygen atoms in total. The molecular weight excluding hydrogens is 320 g/mol. The summed E-state index contributed by atoms with van der Waals surface area (Å²) in [5.74, 6) is 0.370. The number of nitrogens with zero attached hydrogens (tertiary/aromatic N) is 1. The molecule has 5 heteroatoms. The molecule has 0 radical (unpaired) electrons. The molecule has 0 bridgehead atoms. The van der Waals surface area contributed by atoms with Gasteiger partial charge in [0.2, 0.25) is 11.8 Å². The largest absolute Gasteiger partial charge is 0.324 e. The number of aryl methyl sites for hydroxylation is 1. The fraction of sp³-hybridized carbons (Fsp3) is 0.263. The molecule has 1 aliphatic rings. The van der Waals surface area contributed by atoms with E-state index in [9.17, 15) is 9.59 Å². The first-order valence-electron chi connectivity index (χ1n) is 7.89. The first-order chi connectivity index (χ1) is 11.6. The van der Waals surface area contributed by atoms with Crippen molar-refractivity contribution in [2.45, 2.75) is 25.3 Å². The molecule has 1 heterocycles. The molecule has 2 atom stereocenters. The second kappa shape index (κ2) is 7.09. The molecule has 3 rings (SSSR count). The normalized spacial score (nSPS) is 20.0. The lowest BCUT2D eigenvalue weighted by atomic mass is 10.1. The van der Waals surface area contributed by atoms with Gasteiger partial charge in [-0.05, 0) is 24.6 Å². The number of benzene rings is 2. The highest BCUT2D eigenvalue weighted by molar-refractivity contribution is 7.99. The molecule has 124 valence electrons. The van der Waals surface area contributed by atoms with Crippen molar-refractivity contribution in [3.8, 4) is 0 Å². The van der Waals surface area contributed by atoms with E-state index in [2.05, 4.69) is 5.32 Å². The molecule has 1 saturated heterocycles. The van der Waals surface area contributed by atoms with Gasteiger partial charge in [-0.15, -0.1) is 11.8 Å². The average molecular weight is 340 g/mol. The van der Waals surface area contributed by atoms with Gasteiger partial charge >= 0.3 is 0 Å². The minimum Gasteiger partial charge on any atom is -0.324 e. The Morgan fingerprint density at radius 3 is 2.38 bits per heavy atom. The number of rotatable bonds is 3. The van der Waals surface area contributed by atoms with E-state index in [4.69, 9.17) is 0 Å². The summed E-state index contributed by atoms with van der Waals surface area (Å²) in [4.78, 5) is 26.5. The summed E-state index contributed by atoms with van der Waals surface area (Å²) in [6.07, 6.45) is 0. The predicted molar refractivity (Wildman–Crippen MR) is 97.8 cm³/mol. The van der Waals surface area contributed by atoms with E-state index in [0.29, 0.717) is 5.75 Å². The lowest BCUT2D eigenvalue weighted by Gasteiger charge is -2.27. The quantitative estimate of drug-likeness (QED) is 0.929. The number of nitrogens with one attached hydrogen (secondary N) is 1. The number of carbonyl (C=O) groups excluding carboxylic acids is 2. The van der Waals surface area contributed by atoms with Crippen molar-refractivity contribution in [1.82, 2.24) is 4.90 Å². The van der Waals surface area contributed by atoms with Crippen LogP contribution < -0.4 is 5.32 Å². The molecule has 0 spiro atoms. The van der Waals surface area contributed by atoms with Crippen LogP contribution in [0.15, 0.2) is 54.6 Å². The molecule has 1 N–H and O–H groups in total. The second-order valence-electron chi connectivity index (χ2n) is 5.89. The van der Waals surface area contributed by atoms with Crippen molar-refractivity contribution >= 4 is 29.3 Å². The van der Waals surface area contributed by atoms with Crippen LogP contribution in [0.3, 0.4) is 0 Å². The third-order valence-electron chi connectivity index (χ3n) is 4.07. The fourth-order valence-electron chi connectivity index (χ4n) is 2.83. The van der Waals surface area contributed by atoms with Gasteiger partial charge in [0.25, 0.3) is 0 Å². The molecule has 24 heavy (non-hydrogen) atoms. The van der Waals surface area contributed by atoms with Crippen molar-refractivity contribution in [3.05, 3.63) is 65.7 Å². The smallest absolute Gasteiger partial charge is 0.248 e. The highest BCUT2D eigenvalue weighted by atomic mass is 32.2. The minimum absolute atomic E-state index is 0.0853. The Labute approximate surface area is 146 Å². The first kappa shape index (κ1) is 16.6. The van der Waals surface area contributed by atoms with Crippen LogP contribution in [0, 0.1) is 6.92 Å². The molecule has 0 aromatic heterocycles. The fourth-order valence-corrected chi connectivity index (χ4v) is 4.31. The number of hydrogen-bond acceptors (Lipinski definition) is 3. The number of carbonyl (C=O) groups is 2. The highest BCUT2D eigenvalue weighted by Crippen LogP contribution is 2.41. The maximum absolute atomic E-state index is 12.7. The standard InChI is InChI=1S/C19H20N2O2S/c1-13-8-10-16(11-9-13)20-18(23)17-12-24-19(21(17)14(2)22)15-6-4-3-5-7-15/h3-11,17,19H,12H2,1-2H3,(H,20,23)/t17-,19+/m1/s1. The van der Waals surface area contributed by atoms with Crippen LogP contribution in [0.1, 0.15) is 23.4 Å². The molecule has 0 saturated carbocycles. The second-order valence-corrected chi connectivity index (χ2v) is 7.01. The van der Waals surface area contributed by atoms with Crippen LogP contribution in [0.4, 0.5) is 5.69 Å². The van der Waals surface area contributed by atoms with E-state index in [0.717, 1.165) is 16.8 Å². The number of hydrogen-bond donors (Lipinski definition) is 1. The van der Waals surface area contributed by atoms with Crippen LogP contribution >= 0.6 is 11.8 Å². The summed E-state index contributed by atoms with van der Waals surface area (Å²) in [6.45, 7) is 3.52. The van der Waals surface area contributed by atoms with E-state index in [-0.39, 0.29) is 17.2 Å². The first-order valence-corrected chi connectivity index (χ1v) is 8.94. The summed E-state index contributed by atoms with van der Waals surface area (Å²) >= 11 is 1.63. The molecule has 1 fully saturated rings. The van der Waals surface area contributed by atoms with E-state index in [1.54, 1.807) is 16.7 Å². The molecule has 0 unspecified atom stereocenters. The van der Waals surface area contributed by atoms with Crippen LogP contribution in [0.5, 0.6) is 0 Å². The third-order valence-corrected chi connectivity index (χ3v) is 5.39. The summed E-state index contributed by atoms with van der Waals surface area (Å²) in [5.41, 5.74) is 2.93. The highest BCUT2D eigenvalue weighted by Gasteiger charge is 2.40. The molecule has 2 amide bonds. The van der Waals surface area contributed by atoms with Crippen molar-refractivity contribution in [2.24, 2.45) is 0 Å². The average Bonchev–Trinajstić information content (AvgIpc) is 3.03. The van der Waals surface area contributed by atoms with E-state index in [1.165, 1.54) is 6.92 Å². The van der Waals surface area contributed by atoms with Gasteiger partial charge in [0.1, 0.15) is 11.4 Å². The summed E-state index contributed by atoms with van der Waals surface area (Å²) in [7, 11) is 0. The van der Waals surface area contributed by atoms with Gasteiger partial charge < -0.3 is 10.2 Å². The molecular formula is C19H20N2O2S. The van der Waals surface area contributed by atoms with Gasteiger partial charge in [-0.2, -0.15) is 0 Å². The zero-order valence-corrected chi connectivity index (χ0v) is 14.5. The van der Waals surface area contributed by atoms with Gasteiger partial charge in [0.05, 0.1) is 0 Å². The molecule has 2 aromatic carbocycles. The van der Waals surface area contributed by atoms with Crippen LogP contribution in [0.2, 0.25) is 0 Å². The van der Waals surface area contributed by atoms with Crippen LogP contribution in [-0.4, -0.2) is 28.5 Å². The zero-order chi connectivity index (χ0) is 17.1. The summed E-state index contributed by atoms with van der Waals surface area (Å²) in [6, 6.07) is 17.0. The Morgan fingerprint density at radius 1 is 1.08 bits per heavy atom. The van der Waals surface area contributed by atoms with Crippen LogP contribution in [0.25, 0.3) is 0 Å². The van der Waals surface area contributed by atoms with E-state index < -0.39 is 6.04 Å². The topological polar surface area (TPSA) is 49.4 Å². The predicted octanol–water partition coefficient (Wildman–Crippen LogP) is 3.60. The number of thioether (sulfide) groups is 1. The van der Waals surface area contributed by atoms with E-state index >= 15 is 0 Å². The van der Waals surface area contributed by atoms with Gasteiger partial charge in [0.15, 0.2) is 0 Å². The maximum atomic E-state index is 12.7. The molecule has 1 aliphatic heterocycles. The number of amides is 2. The van der Waals surface area contributed by atoms with E-state index in [1.807, 2.05) is 61.5 Å². The van der Waals surface area contributed by atoms with Crippen molar-refractivity contribution in [1.29, 1.82) is 0 Å². The lowest BCUT2D eigenvalue weighted by Crippen LogP contribution is -2.44. The van der Waals surface area contributed by atoms with Crippen molar-refractivity contribution in [2.75, 3.05) is 11.1 Å². The molecule has 0 aliphatic carbocycles. The minimum atomic E-state index is -0.459. The van der Waals surface area contributed by atoms with Gasteiger partial charge in [-0.3, -0.25) is 9.59 Å². The van der Waals surface area contributed by atoms with Crippen molar-refractivity contribution in [3.63, 3.8) is 0 Å². The Balaban J connectivity index is 1.78.